The molecule has 6 nitrogen and oxygen atoms in total. The Morgan fingerprint density at radius 3 is 2.48 bits per heavy atom. The summed E-state index contributed by atoms with van der Waals surface area (Å²) in [5.74, 6) is 1.24. The van der Waals surface area contributed by atoms with E-state index in [4.69, 9.17) is 9.47 Å². The number of piperazine rings is 1. The Kier molecular flexibility index (Phi) is 7.55. The molecule has 0 unspecified atom stereocenters. The average molecular weight is 401 g/mol. The number of unbranched alkanes of at least 4 members (excludes halogenated alkanes) is 1. The van der Waals surface area contributed by atoms with Crippen molar-refractivity contribution in [2.45, 2.75) is 12.8 Å². The van der Waals surface area contributed by atoms with Crippen LogP contribution < -0.4 is 19.7 Å². The Morgan fingerprint density at radius 1 is 1.03 bits per heavy atom. The molecule has 1 aliphatic rings. The molecule has 0 spiro atoms. The van der Waals surface area contributed by atoms with Crippen LogP contribution in [0.5, 0.6) is 11.5 Å². The molecule has 2 aromatic carbocycles. The largest absolute Gasteiger partial charge is 0.495 e. The summed E-state index contributed by atoms with van der Waals surface area (Å²) in [6.45, 7) is 4.06. The minimum Gasteiger partial charge on any atom is -0.495 e. The fraction of sp³-hybridized carbons (Fsp3) is 0.409. The first kappa shape index (κ1) is 20.8. The van der Waals surface area contributed by atoms with Crippen LogP contribution in [0.1, 0.15) is 12.8 Å². The predicted octanol–water partition coefficient (Wildman–Crippen LogP) is 3.53. The van der Waals surface area contributed by atoms with Crippen molar-refractivity contribution in [3.63, 3.8) is 0 Å². The van der Waals surface area contributed by atoms with E-state index in [0.29, 0.717) is 32.0 Å². The molecule has 0 aliphatic carbocycles. The van der Waals surface area contributed by atoms with Gasteiger partial charge in [-0.1, -0.05) is 12.1 Å². The first-order valence-electron chi connectivity index (χ1n) is 9.96. The second-order valence-electron chi connectivity index (χ2n) is 6.89. The van der Waals surface area contributed by atoms with Crippen molar-refractivity contribution in [3.05, 3.63) is 54.3 Å². The SMILES string of the molecule is COc1ccccc1N1CCN(C(=O)NCCCCOc2ccc(F)cc2)CC1. The summed E-state index contributed by atoms with van der Waals surface area (Å²) in [6.07, 6.45) is 1.65. The minimum absolute atomic E-state index is 0.0240. The Hall–Kier alpha value is -2.96. The molecule has 0 atom stereocenters. The second kappa shape index (κ2) is 10.5. The van der Waals surface area contributed by atoms with Gasteiger partial charge in [-0.3, -0.25) is 0 Å². The molecule has 0 bridgehead atoms. The summed E-state index contributed by atoms with van der Waals surface area (Å²) in [5.41, 5.74) is 1.07. The lowest BCUT2D eigenvalue weighted by Crippen LogP contribution is -2.52. The van der Waals surface area contributed by atoms with Gasteiger partial charge in [-0.2, -0.15) is 0 Å². The van der Waals surface area contributed by atoms with E-state index >= 15 is 0 Å². The highest BCUT2D eigenvalue weighted by atomic mass is 19.1. The van der Waals surface area contributed by atoms with E-state index < -0.39 is 0 Å². The molecule has 2 amide bonds. The van der Waals surface area contributed by atoms with Crippen LogP contribution >= 0.6 is 0 Å². The highest BCUT2D eigenvalue weighted by molar-refractivity contribution is 5.74. The highest BCUT2D eigenvalue weighted by Gasteiger charge is 2.22. The number of hydrogen-bond acceptors (Lipinski definition) is 4. The molecule has 1 aliphatic heterocycles. The van der Waals surface area contributed by atoms with E-state index in [0.717, 1.165) is 37.4 Å². The van der Waals surface area contributed by atoms with Gasteiger partial charge in [0.05, 0.1) is 19.4 Å². The third-order valence-corrected chi connectivity index (χ3v) is 4.92. The van der Waals surface area contributed by atoms with Crippen LogP contribution in [0.4, 0.5) is 14.9 Å². The topological polar surface area (TPSA) is 54.0 Å². The van der Waals surface area contributed by atoms with Gasteiger partial charge in [-0.15, -0.1) is 0 Å². The zero-order chi connectivity index (χ0) is 20.5. The molecule has 1 heterocycles. The number of halogens is 1. The third-order valence-electron chi connectivity index (χ3n) is 4.92. The zero-order valence-electron chi connectivity index (χ0n) is 16.8. The lowest BCUT2D eigenvalue weighted by molar-refractivity contribution is 0.193. The van der Waals surface area contributed by atoms with Crippen molar-refractivity contribution in [2.75, 3.05) is 51.3 Å². The van der Waals surface area contributed by atoms with Gasteiger partial charge in [0.15, 0.2) is 0 Å². The van der Waals surface area contributed by atoms with Crippen molar-refractivity contribution in [1.82, 2.24) is 10.2 Å². The molecule has 0 aromatic heterocycles. The van der Waals surface area contributed by atoms with Gasteiger partial charge in [0.2, 0.25) is 0 Å². The maximum atomic E-state index is 12.8. The summed E-state index contributed by atoms with van der Waals surface area (Å²) in [4.78, 5) is 16.4. The van der Waals surface area contributed by atoms with E-state index in [2.05, 4.69) is 10.2 Å². The number of nitrogens with one attached hydrogen (secondary N) is 1. The van der Waals surface area contributed by atoms with E-state index in [1.807, 2.05) is 29.2 Å². The number of urea groups is 1. The zero-order valence-corrected chi connectivity index (χ0v) is 16.8. The van der Waals surface area contributed by atoms with E-state index in [-0.39, 0.29) is 11.8 Å². The minimum atomic E-state index is -0.274. The molecule has 1 N–H and O–H groups in total. The molecule has 1 fully saturated rings. The number of carbonyl (C=O) groups is 1. The summed E-state index contributed by atoms with van der Waals surface area (Å²) in [6, 6.07) is 13.9. The predicted molar refractivity (Wildman–Crippen MR) is 111 cm³/mol. The van der Waals surface area contributed by atoms with Gasteiger partial charge in [0.25, 0.3) is 0 Å². The summed E-state index contributed by atoms with van der Waals surface area (Å²) < 4.78 is 23.8. The quantitative estimate of drug-likeness (QED) is 0.688. The lowest BCUT2D eigenvalue weighted by Gasteiger charge is -2.36. The van der Waals surface area contributed by atoms with Crippen LogP contribution in [-0.4, -0.2) is 57.4 Å². The van der Waals surface area contributed by atoms with Crippen LogP contribution in [0.15, 0.2) is 48.5 Å². The van der Waals surface area contributed by atoms with Crippen LogP contribution in [0.25, 0.3) is 0 Å². The summed E-state index contributed by atoms with van der Waals surface area (Å²) in [5, 5.41) is 2.97. The van der Waals surface area contributed by atoms with Gasteiger partial charge in [-0.25, -0.2) is 9.18 Å². The maximum absolute atomic E-state index is 12.8. The Balaban J connectivity index is 1.31. The first-order chi connectivity index (χ1) is 14.2. The average Bonchev–Trinajstić information content (AvgIpc) is 2.77. The van der Waals surface area contributed by atoms with Crippen LogP contribution in [0, 0.1) is 5.82 Å². The molecule has 0 radical (unpaired) electrons. The fourth-order valence-electron chi connectivity index (χ4n) is 3.30. The number of methoxy groups -OCH3 is 1. The number of carbonyl (C=O) groups excluding carboxylic acids is 1. The monoisotopic (exact) mass is 401 g/mol. The van der Waals surface area contributed by atoms with E-state index in [1.54, 1.807) is 19.2 Å². The number of ether oxygens (including phenoxy) is 2. The number of nitrogens with zero attached hydrogens (tertiary/aromatic N) is 2. The maximum Gasteiger partial charge on any atom is 0.317 e. The first-order valence-corrected chi connectivity index (χ1v) is 9.96. The standard InChI is InChI=1S/C22H28FN3O3/c1-28-21-7-3-2-6-20(21)25-13-15-26(16-14-25)22(27)24-12-4-5-17-29-19-10-8-18(23)9-11-19/h2-3,6-11H,4-5,12-17H2,1H3,(H,24,27). The van der Waals surface area contributed by atoms with Gasteiger partial charge in [-0.05, 0) is 49.2 Å². The Morgan fingerprint density at radius 2 is 1.76 bits per heavy atom. The van der Waals surface area contributed by atoms with Crippen molar-refractivity contribution < 1.29 is 18.7 Å². The highest BCUT2D eigenvalue weighted by Crippen LogP contribution is 2.28. The van der Waals surface area contributed by atoms with Crippen LogP contribution in [0.2, 0.25) is 0 Å². The Labute approximate surface area is 171 Å². The molecule has 2 aromatic rings. The molecule has 29 heavy (non-hydrogen) atoms. The number of hydrogen-bond donors (Lipinski definition) is 1. The summed E-state index contributed by atoms with van der Waals surface area (Å²) in [7, 11) is 1.67. The van der Waals surface area contributed by atoms with Crippen molar-refractivity contribution in [3.8, 4) is 11.5 Å². The molecular weight excluding hydrogens is 373 g/mol. The van der Waals surface area contributed by atoms with Gasteiger partial charge < -0.3 is 24.6 Å². The van der Waals surface area contributed by atoms with Crippen molar-refractivity contribution >= 4 is 11.7 Å². The van der Waals surface area contributed by atoms with Gasteiger partial charge in [0.1, 0.15) is 17.3 Å². The van der Waals surface area contributed by atoms with Gasteiger partial charge in [0, 0.05) is 32.7 Å². The lowest BCUT2D eigenvalue weighted by atomic mass is 10.2. The molecule has 0 saturated carbocycles. The normalized spacial score (nSPS) is 13.9. The van der Waals surface area contributed by atoms with Crippen molar-refractivity contribution in [2.24, 2.45) is 0 Å². The molecule has 156 valence electrons. The number of anilines is 1. The number of rotatable bonds is 8. The van der Waals surface area contributed by atoms with Crippen LogP contribution in [0.3, 0.4) is 0 Å². The van der Waals surface area contributed by atoms with Crippen molar-refractivity contribution in [1.29, 1.82) is 0 Å². The van der Waals surface area contributed by atoms with Crippen LogP contribution in [-0.2, 0) is 0 Å². The third kappa shape index (κ3) is 6.01. The Bertz CT molecular complexity index is 777. The summed E-state index contributed by atoms with van der Waals surface area (Å²) >= 11 is 0. The number of amides is 2. The second-order valence-corrected chi connectivity index (χ2v) is 6.89. The fourth-order valence-corrected chi connectivity index (χ4v) is 3.30. The number of para-hydroxylation sites is 2. The molecule has 1 saturated heterocycles. The molecular formula is C22H28FN3O3. The van der Waals surface area contributed by atoms with E-state index in [1.165, 1.54) is 12.1 Å². The van der Waals surface area contributed by atoms with E-state index in [9.17, 15) is 9.18 Å². The smallest absolute Gasteiger partial charge is 0.317 e. The molecule has 3 rings (SSSR count). The van der Waals surface area contributed by atoms with Gasteiger partial charge >= 0.3 is 6.03 Å². The molecule has 7 heteroatoms. The number of benzene rings is 2.